The minimum Gasteiger partial charge on any atom is -0.467 e. The monoisotopic (exact) mass is 489 g/mol. The Bertz CT molecular complexity index is 826. The Kier molecular flexibility index (Phi) is 7.60. The van der Waals surface area contributed by atoms with Crippen molar-refractivity contribution in [2.75, 3.05) is 20.8 Å². The van der Waals surface area contributed by atoms with Crippen LogP contribution in [0.25, 0.3) is 0 Å². The van der Waals surface area contributed by atoms with E-state index in [1.165, 1.54) is 39.9 Å². The molecule has 0 N–H and O–H groups in total. The molecule has 0 aliphatic heterocycles. The highest BCUT2D eigenvalue weighted by Gasteiger charge is 2.60. The lowest BCUT2D eigenvalue weighted by atomic mass is 9.44. The second-order valence-corrected chi connectivity index (χ2v) is 13.0. The number of ether oxygens (including phenoxy) is 2. The zero-order valence-corrected chi connectivity index (χ0v) is 22.8. The highest BCUT2D eigenvalue weighted by atomic mass is 16.5. The molecule has 35 heavy (non-hydrogen) atoms. The lowest BCUT2D eigenvalue weighted by molar-refractivity contribution is -0.148. The van der Waals surface area contributed by atoms with E-state index >= 15 is 0 Å². The third-order valence-corrected chi connectivity index (χ3v) is 10.9. The van der Waals surface area contributed by atoms with Gasteiger partial charge in [-0.15, -0.1) is 0 Å². The molecular formula is C29H47NO5. The molecular weight excluding hydrogens is 442 g/mol. The molecule has 0 spiro atoms. The van der Waals surface area contributed by atoms with E-state index in [1.54, 1.807) is 4.90 Å². The summed E-state index contributed by atoms with van der Waals surface area (Å²) in [5, 5.41) is 0. The van der Waals surface area contributed by atoms with Crippen molar-refractivity contribution >= 4 is 17.8 Å². The molecule has 6 heteroatoms. The fourth-order valence-corrected chi connectivity index (χ4v) is 8.94. The highest BCUT2D eigenvalue weighted by molar-refractivity contribution is 5.87. The van der Waals surface area contributed by atoms with Gasteiger partial charge in [0.25, 0.3) is 0 Å². The summed E-state index contributed by atoms with van der Waals surface area (Å²) in [4.78, 5) is 39.8. The topological polar surface area (TPSA) is 72.9 Å². The first-order valence-electron chi connectivity index (χ1n) is 14.0. The lowest BCUT2D eigenvalue weighted by Gasteiger charge is -2.60. The van der Waals surface area contributed by atoms with E-state index < -0.39 is 12.1 Å². The summed E-state index contributed by atoms with van der Waals surface area (Å²) in [6, 6.07) is -0.604. The highest BCUT2D eigenvalue weighted by Crippen LogP contribution is 2.65. The van der Waals surface area contributed by atoms with Gasteiger partial charge in [0.15, 0.2) is 0 Å². The molecule has 6 nitrogen and oxygen atoms in total. The molecule has 1 amide bonds. The van der Waals surface area contributed by atoms with Crippen LogP contribution in [-0.2, 0) is 19.1 Å². The van der Waals surface area contributed by atoms with Gasteiger partial charge in [0, 0.05) is 18.4 Å². The van der Waals surface area contributed by atoms with Crippen LogP contribution in [0, 0.1) is 46.3 Å². The number of rotatable bonds is 6. The maximum absolute atomic E-state index is 12.8. The molecule has 0 aromatic carbocycles. The summed E-state index contributed by atoms with van der Waals surface area (Å²) >= 11 is 0. The van der Waals surface area contributed by atoms with Gasteiger partial charge in [-0.3, -0.25) is 9.69 Å². The van der Waals surface area contributed by atoms with Crippen LogP contribution in [0.15, 0.2) is 0 Å². The number of hydrogen-bond donors (Lipinski definition) is 0. The number of amides is 1. The Morgan fingerprint density at radius 3 is 2.40 bits per heavy atom. The third kappa shape index (κ3) is 4.64. The summed E-state index contributed by atoms with van der Waals surface area (Å²) in [7, 11) is 2.78. The normalized spacial score (nSPS) is 39.3. The van der Waals surface area contributed by atoms with Crippen molar-refractivity contribution in [3.05, 3.63) is 0 Å². The molecule has 0 aromatic heterocycles. The second-order valence-electron chi connectivity index (χ2n) is 13.0. The number of nitrogens with zero attached hydrogens (tertiary/aromatic N) is 1. The first-order valence-corrected chi connectivity index (χ1v) is 14.0. The Hall–Kier alpha value is -1.59. The van der Waals surface area contributed by atoms with Crippen molar-refractivity contribution in [2.24, 2.45) is 46.3 Å². The zero-order chi connectivity index (χ0) is 25.5. The summed E-state index contributed by atoms with van der Waals surface area (Å²) in [6.45, 7) is 9.45. The van der Waals surface area contributed by atoms with E-state index in [-0.39, 0.29) is 17.3 Å². The summed E-state index contributed by atoms with van der Waals surface area (Å²) in [6.07, 6.45) is 10.1. The maximum Gasteiger partial charge on any atom is 0.410 e. The van der Waals surface area contributed by atoms with Gasteiger partial charge in [-0.05, 0) is 98.7 Å². The van der Waals surface area contributed by atoms with Gasteiger partial charge in [0.2, 0.25) is 0 Å². The number of ketones is 1. The van der Waals surface area contributed by atoms with Crippen molar-refractivity contribution in [2.45, 2.75) is 97.9 Å². The number of methoxy groups -OCH3 is 2. The van der Waals surface area contributed by atoms with E-state index in [9.17, 15) is 14.4 Å². The van der Waals surface area contributed by atoms with Crippen molar-refractivity contribution in [1.29, 1.82) is 0 Å². The van der Waals surface area contributed by atoms with Crippen LogP contribution in [0.5, 0.6) is 0 Å². The molecule has 4 aliphatic carbocycles. The van der Waals surface area contributed by atoms with Crippen LogP contribution < -0.4 is 0 Å². The number of fused-ring (bicyclic) bond motifs is 5. The molecule has 4 rings (SSSR count). The largest absolute Gasteiger partial charge is 0.467 e. The first-order chi connectivity index (χ1) is 16.5. The van der Waals surface area contributed by atoms with Gasteiger partial charge in [-0.2, -0.15) is 0 Å². The lowest BCUT2D eigenvalue weighted by Crippen LogP contribution is -2.54. The molecule has 4 aliphatic rings. The standard InChI is InChI=1S/C29H47NO5/c1-18(2)15-24(26(32)34-5)30(27(33)35-6)17-19-11-13-28(3)20(16-19)7-8-21-22-9-10-25(31)29(22,4)14-12-23(21)28/h18-24H,7-17H2,1-6H3/t19-,20-,21-,22?,23?,24+,28-,29-/m0/s1. The van der Waals surface area contributed by atoms with E-state index in [2.05, 4.69) is 27.7 Å². The molecule has 0 aromatic rings. The SMILES string of the molecule is COC(=O)[C@@H](CC(C)C)N(C[C@H]1CC[C@]2(C)C3CC[C@]4(C)C(=O)CCC4[C@@H]3CC[C@H]2C1)C(=O)OC. The predicted molar refractivity (Wildman–Crippen MR) is 135 cm³/mol. The van der Waals surface area contributed by atoms with Crippen LogP contribution in [0.1, 0.15) is 91.9 Å². The fraction of sp³-hybridized carbons (Fsp3) is 0.897. The number of carbonyl (C=O) groups is 3. The Morgan fingerprint density at radius 2 is 1.74 bits per heavy atom. The molecule has 4 saturated carbocycles. The van der Waals surface area contributed by atoms with E-state index in [0.717, 1.165) is 32.1 Å². The first kappa shape index (κ1) is 26.5. The summed E-state index contributed by atoms with van der Waals surface area (Å²) in [5.74, 6) is 3.41. The molecule has 8 atom stereocenters. The third-order valence-electron chi connectivity index (χ3n) is 10.9. The van der Waals surface area contributed by atoms with Crippen LogP contribution in [0.3, 0.4) is 0 Å². The van der Waals surface area contributed by atoms with E-state index in [0.29, 0.717) is 53.8 Å². The van der Waals surface area contributed by atoms with Crippen LogP contribution in [-0.4, -0.2) is 49.6 Å². The van der Waals surface area contributed by atoms with Crippen LogP contribution in [0.4, 0.5) is 4.79 Å². The van der Waals surface area contributed by atoms with Crippen LogP contribution >= 0.6 is 0 Å². The quantitative estimate of drug-likeness (QED) is 0.436. The average molecular weight is 490 g/mol. The van der Waals surface area contributed by atoms with Crippen LogP contribution in [0.2, 0.25) is 0 Å². The molecule has 2 unspecified atom stereocenters. The molecule has 0 saturated heterocycles. The van der Waals surface area contributed by atoms with Crippen molar-refractivity contribution in [3.63, 3.8) is 0 Å². The van der Waals surface area contributed by atoms with Gasteiger partial charge in [-0.1, -0.05) is 27.7 Å². The van der Waals surface area contributed by atoms with Gasteiger partial charge in [-0.25, -0.2) is 9.59 Å². The summed E-state index contributed by atoms with van der Waals surface area (Å²) in [5.41, 5.74) is 0.254. The minimum absolute atomic E-state index is 0.0676. The van der Waals surface area contributed by atoms with Crippen molar-refractivity contribution in [1.82, 2.24) is 4.90 Å². The molecule has 0 radical (unpaired) electrons. The fourth-order valence-electron chi connectivity index (χ4n) is 8.94. The number of hydrogen-bond acceptors (Lipinski definition) is 5. The van der Waals surface area contributed by atoms with E-state index in [4.69, 9.17) is 9.47 Å². The van der Waals surface area contributed by atoms with E-state index in [1.807, 2.05) is 0 Å². The number of carbonyl (C=O) groups excluding carboxylic acids is 3. The molecule has 4 fully saturated rings. The Morgan fingerprint density at radius 1 is 1.00 bits per heavy atom. The van der Waals surface area contributed by atoms with Gasteiger partial charge >= 0.3 is 12.1 Å². The minimum atomic E-state index is -0.604. The summed E-state index contributed by atoms with van der Waals surface area (Å²) < 4.78 is 10.2. The van der Waals surface area contributed by atoms with Crippen molar-refractivity contribution in [3.8, 4) is 0 Å². The van der Waals surface area contributed by atoms with Crippen molar-refractivity contribution < 1.29 is 23.9 Å². The molecule has 0 heterocycles. The predicted octanol–water partition coefficient (Wildman–Crippen LogP) is 5.87. The number of esters is 1. The smallest absolute Gasteiger partial charge is 0.410 e. The molecule has 198 valence electrons. The average Bonchev–Trinajstić information content (AvgIpc) is 3.14. The second kappa shape index (κ2) is 10.0. The van der Waals surface area contributed by atoms with Gasteiger partial charge in [0.1, 0.15) is 11.8 Å². The van der Waals surface area contributed by atoms with Gasteiger partial charge < -0.3 is 9.47 Å². The maximum atomic E-state index is 12.8. The van der Waals surface area contributed by atoms with Gasteiger partial charge in [0.05, 0.1) is 14.2 Å². The zero-order valence-electron chi connectivity index (χ0n) is 22.8. The number of Topliss-reactive ketones (excluding diaryl/α,β-unsaturated/α-hetero) is 1. The Labute approximate surface area is 211 Å². The Balaban J connectivity index is 1.48. The molecule has 0 bridgehead atoms.